The second-order valence-electron chi connectivity index (χ2n) is 6.96. The van der Waals surface area contributed by atoms with Crippen molar-refractivity contribution in [3.8, 4) is 6.07 Å². The van der Waals surface area contributed by atoms with Crippen LogP contribution in [0.25, 0.3) is 0 Å². The highest BCUT2D eigenvalue weighted by atomic mass is 32.2. The zero-order valence-electron chi connectivity index (χ0n) is 16.6. The van der Waals surface area contributed by atoms with Crippen molar-refractivity contribution in [2.75, 3.05) is 23.9 Å². The first kappa shape index (κ1) is 21.4. The van der Waals surface area contributed by atoms with Crippen LogP contribution in [0.3, 0.4) is 0 Å². The molecule has 0 fully saturated rings. The van der Waals surface area contributed by atoms with E-state index >= 15 is 0 Å². The first-order chi connectivity index (χ1) is 14.0. The summed E-state index contributed by atoms with van der Waals surface area (Å²) in [6, 6.07) is 12.3. The normalized spacial score (nSPS) is 17.8. The van der Waals surface area contributed by atoms with E-state index in [0.29, 0.717) is 36.2 Å². The minimum absolute atomic E-state index is 0.113. The molecule has 1 aliphatic carbocycles. The summed E-state index contributed by atoms with van der Waals surface area (Å²) in [7, 11) is 0. The van der Waals surface area contributed by atoms with Crippen molar-refractivity contribution < 1.29 is 14.3 Å². The molecule has 0 saturated carbocycles. The smallest absolute Gasteiger partial charge is 0.341 e. The number of amides is 1. The van der Waals surface area contributed by atoms with E-state index in [0.717, 1.165) is 21.8 Å². The number of fused-ring (bicyclic) bond motifs is 1. The molecule has 1 atom stereocenters. The monoisotopic (exact) mass is 428 g/mol. The topological polar surface area (TPSA) is 79.2 Å². The van der Waals surface area contributed by atoms with Gasteiger partial charge in [-0.05, 0) is 37.1 Å². The van der Waals surface area contributed by atoms with Crippen LogP contribution in [0.15, 0.2) is 30.3 Å². The van der Waals surface area contributed by atoms with Crippen LogP contribution in [-0.2, 0) is 27.8 Å². The fourth-order valence-corrected chi connectivity index (χ4v) is 5.43. The van der Waals surface area contributed by atoms with Gasteiger partial charge in [-0.1, -0.05) is 30.3 Å². The van der Waals surface area contributed by atoms with Gasteiger partial charge in [-0.3, -0.25) is 4.79 Å². The van der Waals surface area contributed by atoms with Gasteiger partial charge in [-0.25, -0.2) is 4.79 Å². The van der Waals surface area contributed by atoms with E-state index in [-0.39, 0.29) is 12.5 Å². The Morgan fingerprint density at radius 2 is 2.10 bits per heavy atom. The Morgan fingerprint density at radius 3 is 2.76 bits per heavy atom. The number of hydrogen-bond acceptors (Lipinski definition) is 6. The largest absolute Gasteiger partial charge is 0.462 e. The molecule has 3 rings (SSSR count). The quantitative estimate of drug-likeness (QED) is 0.654. The van der Waals surface area contributed by atoms with E-state index in [9.17, 15) is 14.9 Å². The van der Waals surface area contributed by atoms with Gasteiger partial charge < -0.3 is 10.1 Å². The van der Waals surface area contributed by atoms with Gasteiger partial charge in [0.25, 0.3) is 0 Å². The molecular weight excluding hydrogens is 404 g/mol. The second kappa shape index (κ2) is 9.47. The molecule has 5 nitrogen and oxygen atoms in total. The molecule has 0 aliphatic heterocycles. The second-order valence-corrected chi connectivity index (χ2v) is 9.05. The van der Waals surface area contributed by atoms with Crippen LogP contribution < -0.4 is 5.32 Å². The molecule has 29 heavy (non-hydrogen) atoms. The maximum Gasteiger partial charge on any atom is 0.341 e. The average Bonchev–Trinajstić information content (AvgIpc) is 3.09. The summed E-state index contributed by atoms with van der Waals surface area (Å²) in [4.78, 5) is 25.9. The Hall–Kier alpha value is -2.30. The molecule has 1 heterocycles. The summed E-state index contributed by atoms with van der Waals surface area (Å²) < 4.78 is 5.27. The summed E-state index contributed by atoms with van der Waals surface area (Å²) in [5.74, 6) is 0.199. The average molecular weight is 429 g/mol. The molecule has 0 saturated heterocycles. The molecule has 2 aromatic rings. The van der Waals surface area contributed by atoms with Gasteiger partial charge in [0, 0.05) is 23.5 Å². The first-order valence-electron chi connectivity index (χ1n) is 9.62. The zero-order valence-corrected chi connectivity index (χ0v) is 18.3. The van der Waals surface area contributed by atoms with Crippen LogP contribution in [0.1, 0.15) is 46.1 Å². The number of ether oxygens (including phenoxy) is 1. The summed E-state index contributed by atoms with van der Waals surface area (Å²) in [5.41, 5.74) is 1.75. The first-order valence-corrected chi connectivity index (χ1v) is 11.8. The van der Waals surface area contributed by atoms with Crippen molar-refractivity contribution in [1.82, 2.24) is 0 Å². The number of carbonyl (C=O) groups is 2. The number of nitrogens with zero attached hydrogens (tertiary/aromatic N) is 1. The lowest BCUT2D eigenvalue weighted by atomic mass is 9.70. The van der Waals surface area contributed by atoms with Gasteiger partial charge in [0.15, 0.2) is 0 Å². The van der Waals surface area contributed by atoms with Crippen molar-refractivity contribution in [1.29, 1.82) is 5.26 Å². The van der Waals surface area contributed by atoms with Crippen LogP contribution in [-0.4, -0.2) is 30.5 Å². The number of nitriles is 1. The minimum atomic E-state index is -0.620. The number of nitrogens with one attached hydrogen (secondary N) is 1. The molecule has 1 unspecified atom stereocenters. The van der Waals surface area contributed by atoms with Crippen molar-refractivity contribution in [3.05, 3.63) is 51.9 Å². The number of hydrogen-bond donors (Lipinski definition) is 1. The van der Waals surface area contributed by atoms with Crippen LogP contribution in [0.2, 0.25) is 0 Å². The number of anilines is 1. The third-order valence-electron chi connectivity index (χ3n) is 5.16. The summed E-state index contributed by atoms with van der Waals surface area (Å²) in [6.45, 7) is 2.04. The van der Waals surface area contributed by atoms with Crippen LogP contribution in [0, 0.1) is 11.3 Å². The molecule has 7 heteroatoms. The molecular formula is C22H24N2O3S2. The van der Waals surface area contributed by atoms with Gasteiger partial charge in [0.05, 0.1) is 23.7 Å². The Morgan fingerprint density at radius 1 is 1.34 bits per heavy atom. The minimum Gasteiger partial charge on any atom is -0.462 e. The number of thiophene rings is 1. The van der Waals surface area contributed by atoms with Gasteiger partial charge in [0.2, 0.25) is 5.91 Å². The van der Waals surface area contributed by atoms with Gasteiger partial charge >= 0.3 is 5.97 Å². The lowest BCUT2D eigenvalue weighted by molar-refractivity contribution is -0.115. The standard InChI is InChI=1S/C22H24N2O3S2/c1-3-27-21(26)19-16-9-11-22(14-23,15-7-5-4-6-8-15)13-17(16)29-20(19)24-18(25)10-12-28-2/h4-8H,3,9-13H2,1-2H3,(H,24,25). The van der Waals surface area contributed by atoms with E-state index < -0.39 is 11.4 Å². The van der Waals surface area contributed by atoms with Gasteiger partial charge in [-0.15, -0.1) is 11.3 Å². The fraction of sp³-hybridized carbons (Fsp3) is 0.409. The molecule has 1 aromatic carbocycles. The molecule has 152 valence electrons. The SMILES string of the molecule is CCOC(=O)c1c(NC(=O)CCSC)sc2c1CCC(C#N)(c1ccccc1)C2. The highest BCUT2D eigenvalue weighted by molar-refractivity contribution is 7.98. The zero-order chi connectivity index (χ0) is 20.9. The van der Waals surface area contributed by atoms with Gasteiger partial charge in [0.1, 0.15) is 5.00 Å². The highest BCUT2D eigenvalue weighted by Gasteiger charge is 2.40. The summed E-state index contributed by atoms with van der Waals surface area (Å²) >= 11 is 3.00. The van der Waals surface area contributed by atoms with Crippen LogP contribution in [0.5, 0.6) is 0 Å². The Balaban J connectivity index is 1.98. The van der Waals surface area contributed by atoms with Crippen LogP contribution in [0.4, 0.5) is 5.00 Å². The van der Waals surface area contributed by atoms with Crippen molar-refractivity contribution in [2.45, 2.75) is 38.0 Å². The molecule has 1 aliphatic rings. The van der Waals surface area contributed by atoms with E-state index in [4.69, 9.17) is 4.74 Å². The third-order valence-corrected chi connectivity index (χ3v) is 6.92. The lowest BCUT2D eigenvalue weighted by Gasteiger charge is -2.31. The van der Waals surface area contributed by atoms with E-state index in [1.165, 1.54) is 11.3 Å². The molecule has 1 N–H and O–H groups in total. The number of carbonyl (C=O) groups excluding carboxylic acids is 2. The lowest BCUT2D eigenvalue weighted by Crippen LogP contribution is -2.31. The molecule has 0 bridgehead atoms. The van der Waals surface area contributed by atoms with E-state index in [1.54, 1.807) is 18.7 Å². The number of rotatable bonds is 7. The van der Waals surface area contributed by atoms with Crippen molar-refractivity contribution in [2.24, 2.45) is 0 Å². The molecule has 0 spiro atoms. The van der Waals surface area contributed by atoms with Crippen molar-refractivity contribution >= 4 is 40.0 Å². The maximum atomic E-state index is 12.7. The van der Waals surface area contributed by atoms with Crippen LogP contribution >= 0.6 is 23.1 Å². The molecule has 0 radical (unpaired) electrons. The Bertz CT molecular complexity index is 934. The molecule has 1 aromatic heterocycles. The van der Waals surface area contributed by atoms with Crippen molar-refractivity contribution in [3.63, 3.8) is 0 Å². The number of benzene rings is 1. The van der Waals surface area contributed by atoms with E-state index in [1.807, 2.05) is 36.6 Å². The van der Waals surface area contributed by atoms with Gasteiger partial charge in [-0.2, -0.15) is 17.0 Å². The Labute approximate surface area is 179 Å². The predicted octanol–water partition coefficient (Wildman–Crippen LogP) is 4.57. The summed E-state index contributed by atoms with van der Waals surface area (Å²) in [6.07, 6.45) is 4.09. The molecule has 1 amide bonds. The fourth-order valence-electron chi connectivity index (χ4n) is 3.67. The predicted molar refractivity (Wildman–Crippen MR) is 118 cm³/mol. The highest BCUT2D eigenvalue weighted by Crippen LogP contribution is 2.45. The summed E-state index contributed by atoms with van der Waals surface area (Å²) in [5, 5.41) is 13.5. The number of esters is 1. The third kappa shape index (κ3) is 4.49. The maximum absolute atomic E-state index is 12.7. The Kier molecular flexibility index (Phi) is 6.99. The van der Waals surface area contributed by atoms with E-state index in [2.05, 4.69) is 11.4 Å². The number of thioether (sulfide) groups is 1.